The second-order valence-corrected chi connectivity index (χ2v) is 3.54. The summed E-state index contributed by atoms with van der Waals surface area (Å²) in [6.07, 6.45) is -3.44. The van der Waals surface area contributed by atoms with Gasteiger partial charge in [-0.15, -0.1) is 0 Å². The summed E-state index contributed by atoms with van der Waals surface area (Å²) in [6.45, 7) is 0. The summed E-state index contributed by atoms with van der Waals surface area (Å²) in [6, 6.07) is 4.06. The highest BCUT2D eigenvalue weighted by molar-refractivity contribution is 8.00. The van der Waals surface area contributed by atoms with Crippen molar-refractivity contribution in [3.05, 3.63) is 23.8 Å². The molecule has 2 nitrogen and oxygen atoms in total. The maximum Gasteiger partial charge on any atom is 0.416 e. The summed E-state index contributed by atoms with van der Waals surface area (Å²) >= 11 is 1.38. The Bertz CT molecular complexity index is 362. The van der Waals surface area contributed by atoms with Crippen LogP contribution in [0.2, 0.25) is 0 Å². The molecular formula is C8H4F3NOS. The van der Waals surface area contributed by atoms with Crippen molar-refractivity contribution in [1.29, 1.82) is 5.41 Å². The molecular weight excluding hydrogens is 215 g/mol. The lowest BCUT2D eigenvalue weighted by molar-refractivity contribution is -0.137. The van der Waals surface area contributed by atoms with Crippen molar-refractivity contribution in [2.75, 3.05) is 0 Å². The molecule has 0 unspecified atom stereocenters. The summed E-state index contributed by atoms with van der Waals surface area (Å²) in [7, 11) is 0. The maximum absolute atomic E-state index is 12.0. The van der Waals surface area contributed by atoms with E-state index in [2.05, 4.69) is 0 Å². The van der Waals surface area contributed by atoms with Crippen LogP contribution in [-0.2, 0) is 11.0 Å². The van der Waals surface area contributed by atoms with Crippen molar-refractivity contribution in [2.45, 2.75) is 16.0 Å². The minimum atomic E-state index is -4.19. The van der Waals surface area contributed by atoms with Gasteiger partial charge < -0.3 is 0 Å². The molecule has 0 saturated carbocycles. The Hall–Kier alpha value is -1.26. The fourth-order valence-electron chi connectivity index (χ4n) is 0.931. The summed E-state index contributed by atoms with van der Waals surface area (Å²) < 4.78 is 36.0. The molecule has 1 aromatic carbocycles. The third-order valence-corrected chi connectivity index (χ3v) is 2.39. The molecule has 2 aliphatic rings. The van der Waals surface area contributed by atoms with Gasteiger partial charge in [0.1, 0.15) is 0 Å². The van der Waals surface area contributed by atoms with Gasteiger partial charge >= 0.3 is 6.18 Å². The van der Waals surface area contributed by atoms with Crippen LogP contribution < -0.4 is 0 Å². The molecule has 0 saturated heterocycles. The molecule has 14 heavy (non-hydrogen) atoms. The molecule has 6 heteroatoms. The first-order chi connectivity index (χ1) is 6.47. The van der Waals surface area contributed by atoms with Gasteiger partial charge in [0.05, 0.1) is 5.56 Å². The molecule has 0 amide bonds. The van der Waals surface area contributed by atoms with Crippen LogP contribution in [-0.4, -0.2) is 6.08 Å². The van der Waals surface area contributed by atoms with E-state index in [1.165, 1.54) is 11.8 Å². The van der Waals surface area contributed by atoms with Gasteiger partial charge in [-0.3, -0.25) is 0 Å². The third-order valence-electron chi connectivity index (χ3n) is 1.44. The van der Waals surface area contributed by atoms with Gasteiger partial charge in [-0.25, -0.2) is 10.2 Å². The zero-order valence-electron chi connectivity index (χ0n) is 6.68. The number of nitrogens with one attached hydrogen (secondary N) is 1. The highest BCUT2D eigenvalue weighted by Gasteiger charge is 2.32. The summed E-state index contributed by atoms with van der Waals surface area (Å²) in [5.41, 5.74) is -0.538. The van der Waals surface area contributed by atoms with Crippen LogP contribution >= 0.6 is 11.8 Å². The summed E-state index contributed by atoms with van der Waals surface area (Å²) in [5, 5.41) is 5.40. The zero-order chi connectivity index (χ0) is 10.8. The second kappa shape index (κ2) is 3.86. The Kier molecular flexibility index (Phi) is 2.98. The number of hydrogen-bond donors (Lipinski definition) is 1. The van der Waals surface area contributed by atoms with Crippen LogP contribution in [0.3, 0.4) is 0 Å². The number of fused-ring (bicyclic) bond motifs is 2. The van der Waals surface area contributed by atoms with Crippen molar-refractivity contribution < 1.29 is 18.0 Å². The Morgan fingerprint density at radius 2 is 1.57 bits per heavy atom. The number of isocyanates is 1. The van der Waals surface area contributed by atoms with Crippen LogP contribution in [0, 0.1) is 5.41 Å². The van der Waals surface area contributed by atoms with E-state index in [9.17, 15) is 13.2 Å². The molecule has 1 aromatic rings. The average Bonchev–Trinajstić information content (AvgIpc) is 2.03. The SMILES string of the molecule is FC(F)(F)c1cc2cc(c1)S2.N=C=O. The van der Waals surface area contributed by atoms with E-state index in [4.69, 9.17) is 10.2 Å². The van der Waals surface area contributed by atoms with Gasteiger partial charge in [-0.05, 0) is 18.2 Å². The fraction of sp³-hybridized carbons (Fsp3) is 0.125. The second-order valence-electron chi connectivity index (χ2n) is 2.39. The number of rotatable bonds is 0. The van der Waals surface area contributed by atoms with Crippen molar-refractivity contribution in [2.24, 2.45) is 0 Å². The lowest BCUT2D eigenvalue weighted by Crippen LogP contribution is -2.06. The van der Waals surface area contributed by atoms with Crippen LogP contribution in [0.15, 0.2) is 28.0 Å². The maximum atomic E-state index is 12.0. The van der Waals surface area contributed by atoms with Gasteiger partial charge in [0.25, 0.3) is 0 Å². The Morgan fingerprint density at radius 3 is 1.79 bits per heavy atom. The fourth-order valence-corrected chi connectivity index (χ4v) is 1.76. The highest BCUT2D eigenvalue weighted by atomic mass is 32.2. The van der Waals surface area contributed by atoms with Crippen molar-refractivity contribution in [3.8, 4) is 0 Å². The predicted molar refractivity (Wildman–Crippen MR) is 44.0 cm³/mol. The van der Waals surface area contributed by atoms with Crippen molar-refractivity contribution in [1.82, 2.24) is 0 Å². The van der Waals surface area contributed by atoms with E-state index in [1.807, 2.05) is 0 Å². The molecule has 2 bridgehead atoms. The van der Waals surface area contributed by atoms with Gasteiger partial charge in [0, 0.05) is 9.79 Å². The number of halogens is 3. The first-order valence-corrected chi connectivity index (χ1v) is 4.23. The molecule has 2 heterocycles. The molecule has 0 radical (unpaired) electrons. The molecule has 3 rings (SSSR count). The van der Waals surface area contributed by atoms with Gasteiger partial charge in [-0.2, -0.15) is 13.2 Å². The van der Waals surface area contributed by atoms with Crippen molar-refractivity contribution >= 4 is 17.8 Å². The van der Waals surface area contributed by atoms with E-state index < -0.39 is 11.7 Å². The molecule has 2 aliphatic heterocycles. The average molecular weight is 219 g/mol. The molecule has 0 aliphatic carbocycles. The smallest absolute Gasteiger partial charge is 0.222 e. The summed E-state index contributed by atoms with van der Waals surface area (Å²) in [4.78, 5) is 9.75. The molecule has 0 fully saturated rings. The minimum Gasteiger partial charge on any atom is -0.222 e. The van der Waals surface area contributed by atoms with E-state index >= 15 is 0 Å². The van der Waals surface area contributed by atoms with E-state index in [0.717, 1.165) is 18.2 Å². The van der Waals surface area contributed by atoms with Crippen LogP contribution in [0.5, 0.6) is 0 Å². The van der Waals surface area contributed by atoms with Crippen LogP contribution in [0.1, 0.15) is 5.56 Å². The van der Waals surface area contributed by atoms with E-state index in [1.54, 1.807) is 6.07 Å². The normalized spacial score (nSPS) is 11.9. The van der Waals surface area contributed by atoms with Gasteiger partial charge in [0.2, 0.25) is 6.08 Å². The lowest BCUT2D eigenvalue weighted by Gasteiger charge is -2.17. The van der Waals surface area contributed by atoms with Gasteiger partial charge in [0.15, 0.2) is 0 Å². The molecule has 0 aromatic heterocycles. The molecule has 1 N–H and O–H groups in total. The van der Waals surface area contributed by atoms with E-state index in [-0.39, 0.29) is 0 Å². The number of hydrogen-bond acceptors (Lipinski definition) is 3. The quantitative estimate of drug-likeness (QED) is 0.546. The highest BCUT2D eigenvalue weighted by Crippen LogP contribution is 2.43. The Labute approximate surface area is 81.6 Å². The Balaban J connectivity index is 0.000000293. The minimum absolute atomic E-state index is 0.538. The largest absolute Gasteiger partial charge is 0.416 e. The lowest BCUT2D eigenvalue weighted by atomic mass is 10.2. The number of alkyl halides is 3. The van der Waals surface area contributed by atoms with Gasteiger partial charge in [-0.1, -0.05) is 11.8 Å². The predicted octanol–water partition coefficient (Wildman–Crippen LogP) is 3.07. The Morgan fingerprint density at radius 1 is 1.21 bits per heavy atom. The van der Waals surface area contributed by atoms with Crippen LogP contribution in [0.25, 0.3) is 0 Å². The third kappa shape index (κ3) is 2.37. The van der Waals surface area contributed by atoms with Crippen LogP contribution in [0.4, 0.5) is 13.2 Å². The first-order valence-electron chi connectivity index (χ1n) is 3.41. The number of benzene rings is 1. The zero-order valence-corrected chi connectivity index (χ0v) is 7.50. The monoisotopic (exact) mass is 219 g/mol. The number of carbonyl (C=O) groups excluding carboxylic acids is 1. The summed E-state index contributed by atoms with van der Waals surface area (Å²) in [5.74, 6) is 0. The first kappa shape index (κ1) is 10.8. The standard InChI is InChI=1S/C7H3F3S.CHNO/c8-7(9,10)4-1-5-3-6(2-4)11-5;2-1-3/h1-3H;2H. The molecule has 74 valence electrons. The molecule has 0 spiro atoms. The van der Waals surface area contributed by atoms with Crippen molar-refractivity contribution in [3.63, 3.8) is 0 Å². The molecule has 0 atom stereocenters. The topological polar surface area (TPSA) is 40.9 Å². The van der Waals surface area contributed by atoms with E-state index in [0.29, 0.717) is 9.79 Å².